The fourth-order valence-corrected chi connectivity index (χ4v) is 2.90. The number of amides is 1. The zero-order valence-electron chi connectivity index (χ0n) is 14.1. The molecule has 1 fully saturated rings. The molecule has 0 bridgehead atoms. The summed E-state index contributed by atoms with van der Waals surface area (Å²) in [5, 5.41) is 3.01. The topological polar surface area (TPSA) is 90.6 Å². The number of aromatic nitrogens is 4. The number of pyridine rings is 1. The molecule has 4 rings (SSSR count). The van der Waals surface area contributed by atoms with Crippen molar-refractivity contribution >= 4 is 11.7 Å². The molecule has 3 aromatic rings. The molecular formula is C18H19N5O3. The highest BCUT2D eigenvalue weighted by molar-refractivity contribution is 5.93. The Morgan fingerprint density at radius 2 is 2.23 bits per heavy atom. The summed E-state index contributed by atoms with van der Waals surface area (Å²) < 4.78 is 13.2. The molecule has 0 aromatic carbocycles. The molecule has 8 heteroatoms. The lowest BCUT2D eigenvalue weighted by atomic mass is 10.1. The summed E-state index contributed by atoms with van der Waals surface area (Å²) in [5.74, 6) is 0.251. The van der Waals surface area contributed by atoms with Crippen molar-refractivity contribution in [1.29, 1.82) is 0 Å². The lowest BCUT2D eigenvalue weighted by molar-refractivity contribution is -0.0743. The van der Waals surface area contributed by atoms with E-state index in [0.29, 0.717) is 37.7 Å². The van der Waals surface area contributed by atoms with Crippen LogP contribution < -0.4 is 5.32 Å². The SMILES string of the molecule is O=C(N[C@@H]1CCOC[C@H]1OCc1ccccn1)c1cn2cccnc2n1. The average Bonchev–Trinajstić information content (AvgIpc) is 3.12. The van der Waals surface area contributed by atoms with Crippen LogP contribution in [-0.2, 0) is 16.1 Å². The molecular weight excluding hydrogens is 334 g/mol. The molecule has 1 saturated heterocycles. The number of rotatable bonds is 5. The summed E-state index contributed by atoms with van der Waals surface area (Å²) in [7, 11) is 0. The van der Waals surface area contributed by atoms with Crippen molar-refractivity contribution in [2.75, 3.05) is 13.2 Å². The molecule has 2 atom stereocenters. The van der Waals surface area contributed by atoms with E-state index in [0.717, 1.165) is 5.69 Å². The average molecular weight is 353 g/mol. The van der Waals surface area contributed by atoms with Gasteiger partial charge in [-0.2, -0.15) is 0 Å². The summed E-state index contributed by atoms with van der Waals surface area (Å²) in [6.07, 6.45) is 7.30. The van der Waals surface area contributed by atoms with E-state index < -0.39 is 0 Å². The molecule has 0 saturated carbocycles. The van der Waals surface area contributed by atoms with E-state index in [1.54, 1.807) is 35.3 Å². The molecule has 0 unspecified atom stereocenters. The van der Waals surface area contributed by atoms with Crippen LogP contribution in [0, 0.1) is 0 Å². The predicted molar refractivity (Wildman–Crippen MR) is 92.5 cm³/mol. The minimum Gasteiger partial charge on any atom is -0.379 e. The maximum Gasteiger partial charge on any atom is 0.271 e. The number of carbonyl (C=O) groups is 1. The van der Waals surface area contributed by atoms with Crippen LogP contribution in [-0.4, -0.2) is 50.6 Å². The number of imidazole rings is 1. The maximum atomic E-state index is 12.6. The van der Waals surface area contributed by atoms with Gasteiger partial charge in [0.15, 0.2) is 0 Å². The number of nitrogens with zero attached hydrogens (tertiary/aromatic N) is 4. The van der Waals surface area contributed by atoms with E-state index in [9.17, 15) is 4.79 Å². The van der Waals surface area contributed by atoms with Crippen LogP contribution in [0.1, 0.15) is 22.6 Å². The number of hydrogen-bond acceptors (Lipinski definition) is 6. The van der Waals surface area contributed by atoms with E-state index >= 15 is 0 Å². The first-order valence-corrected chi connectivity index (χ1v) is 8.49. The summed E-state index contributed by atoms with van der Waals surface area (Å²) in [5.41, 5.74) is 1.17. The Bertz CT molecular complexity index is 850. The quantitative estimate of drug-likeness (QED) is 0.742. The van der Waals surface area contributed by atoms with Gasteiger partial charge in [0.2, 0.25) is 5.78 Å². The highest BCUT2D eigenvalue weighted by Gasteiger charge is 2.29. The number of fused-ring (bicyclic) bond motifs is 1. The zero-order chi connectivity index (χ0) is 17.8. The Hall–Kier alpha value is -2.84. The van der Waals surface area contributed by atoms with Crippen molar-refractivity contribution < 1.29 is 14.3 Å². The summed E-state index contributed by atoms with van der Waals surface area (Å²) in [6, 6.07) is 7.33. The molecule has 1 aliphatic heterocycles. The molecule has 1 amide bonds. The maximum absolute atomic E-state index is 12.6. The monoisotopic (exact) mass is 353 g/mol. The van der Waals surface area contributed by atoms with Gasteiger partial charge in [-0.3, -0.25) is 14.2 Å². The van der Waals surface area contributed by atoms with E-state index in [4.69, 9.17) is 9.47 Å². The molecule has 4 heterocycles. The third kappa shape index (κ3) is 3.71. The third-order valence-corrected chi connectivity index (χ3v) is 4.26. The second kappa shape index (κ2) is 7.59. The van der Waals surface area contributed by atoms with Gasteiger partial charge in [-0.05, 0) is 24.6 Å². The molecule has 0 spiro atoms. The van der Waals surface area contributed by atoms with Gasteiger partial charge >= 0.3 is 0 Å². The minimum absolute atomic E-state index is 0.141. The molecule has 3 aromatic heterocycles. The fraction of sp³-hybridized carbons (Fsp3) is 0.333. The van der Waals surface area contributed by atoms with E-state index in [-0.39, 0.29) is 18.1 Å². The van der Waals surface area contributed by atoms with Gasteiger partial charge in [0, 0.05) is 31.4 Å². The molecule has 26 heavy (non-hydrogen) atoms. The lowest BCUT2D eigenvalue weighted by Gasteiger charge is -2.31. The number of hydrogen-bond donors (Lipinski definition) is 1. The van der Waals surface area contributed by atoms with Gasteiger partial charge in [-0.15, -0.1) is 0 Å². The summed E-state index contributed by atoms with van der Waals surface area (Å²) in [6.45, 7) is 1.39. The molecule has 134 valence electrons. The van der Waals surface area contributed by atoms with Crippen molar-refractivity contribution in [3.8, 4) is 0 Å². The van der Waals surface area contributed by atoms with Crippen LogP contribution in [0.2, 0.25) is 0 Å². The van der Waals surface area contributed by atoms with E-state index in [1.807, 2.05) is 18.2 Å². The van der Waals surface area contributed by atoms with Gasteiger partial charge in [0.05, 0.1) is 24.9 Å². The van der Waals surface area contributed by atoms with Crippen LogP contribution in [0.5, 0.6) is 0 Å². The highest BCUT2D eigenvalue weighted by Crippen LogP contribution is 2.14. The minimum atomic E-state index is -0.242. The second-order valence-electron chi connectivity index (χ2n) is 6.07. The largest absolute Gasteiger partial charge is 0.379 e. The standard InChI is InChI=1S/C18H19N5O3/c24-17(15-10-23-8-3-7-20-18(23)22-15)21-14-5-9-25-12-16(14)26-11-13-4-1-2-6-19-13/h1-4,6-8,10,14,16H,5,9,11-12H2,(H,21,24)/t14-,16-/m1/s1. The van der Waals surface area contributed by atoms with Gasteiger partial charge in [0.1, 0.15) is 11.8 Å². The van der Waals surface area contributed by atoms with Crippen molar-refractivity contribution in [3.05, 3.63) is 60.4 Å². The Morgan fingerprint density at radius 3 is 3.08 bits per heavy atom. The summed E-state index contributed by atoms with van der Waals surface area (Å²) >= 11 is 0. The number of ether oxygens (including phenoxy) is 2. The van der Waals surface area contributed by atoms with Crippen molar-refractivity contribution in [1.82, 2.24) is 24.7 Å². The highest BCUT2D eigenvalue weighted by atomic mass is 16.5. The smallest absolute Gasteiger partial charge is 0.271 e. The van der Waals surface area contributed by atoms with Crippen LogP contribution >= 0.6 is 0 Å². The normalized spacial score (nSPS) is 20.2. The second-order valence-corrected chi connectivity index (χ2v) is 6.07. The van der Waals surface area contributed by atoms with Crippen LogP contribution in [0.15, 0.2) is 49.1 Å². The molecule has 0 radical (unpaired) electrons. The van der Waals surface area contributed by atoms with Crippen molar-refractivity contribution in [3.63, 3.8) is 0 Å². The van der Waals surface area contributed by atoms with Gasteiger partial charge in [0.25, 0.3) is 5.91 Å². The number of nitrogens with one attached hydrogen (secondary N) is 1. The fourth-order valence-electron chi connectivity index (χ4n) is 2.90. The number of carbonyl (C=O) groups excluding carboxylic acids is 1. The van der Waals surface area contributed by atoms with Crippen molar-refractivity contribution in [2.45, 2.75) is 25.2 Å². The van der Waals surface area contributed by atoms with Crippen LogP contribution in [0.25, 0.3) is 5.78 Å². The summed E-state index contributed by atoms with van der Waals surface area (Å²) in [4.78, 5) is 25.2. The van der Waals surface area contributed by atoms with Gasteiger partial charge < -0.3 is 14.8 Å². The van der Waals surface area contributed by atoms with Crippen LogP contribution in [0.3, 0.4) is 0 Å². The first-order valence-electron chi connectivity index (χ1n) is 8.49. The van der Waals surface area contributed by atoms with Gasteiger partial charge in [-0.1, -0.05) is 6.07 Å². The first-order chi connectivity index (χ1) is 12.8. The molecule has 8 nitrogen and oxygen atoms in total. The van der Waals surface area contributed by atoms with Gasteiger partial charge in [-0.25, -0.2) is 9.97 Å². The zero-order valence-corrected chi connectivity index (χ0v) is 14.1. The molecule has 1 aliphatic rings. The molecule has 1 N–H and O–H groups in total. The van der Waals surface area contributed by atoms with E-state index in [2.05, 4.69) is 20.3 Å². The van der Waals surface area contributed by atoms with E-state index in [1.165, 1.54) is 0 Å². The predicted octanol–water partition coefficient (Wildman–Crippen LogP) is 1.23. The Kier molecular flexibility index (Phi) is 4.85. The first kappa shape index (κ1) is 16.6. The Labute approximate surface area is 150 Å². The lowest BCUT2D eigenvalue weighted by Crippen LogP contribution is -2.50. The van der Waals surface area contributed by atoms with Crippen molar-refractivity contribution in [2.24, 2.45) is 0 Å². The Morgan fingerprint density at radius 1 is 1.31 bits per heavy atom. The molecule has 0 aliphatic carbocycles. The third-order valence-electron chi connectivity index (χ3n) is 4.26. The Balaban J connectivity index is 1.41. The van der Waals surface area contributed by atoms with Crippen LogP contribution in [0.4, 0.5) is 0 Å².